The average Bonchev–Trinajstić information content (AvgIpc) is 3.19. The second kappa shape index (κ2) is 7.99. The van der Waals surface area contributed by atoms with E-state index < -0.39 is 5.91 Å². The number of primary amides is 1. The third kappa shape index (κ3) is 4.59. The smallest absolute Gasteiger partial charge is 0.266 e. The number of thiocarbonyl (C=S) groups is 1. The maximum atomic E-state index is 12.6. The Labute approximate surface area is 155 Å². The van der Waals surface area contributed by atoms with Crippen LogP contribution in [-0.4, -0.2) is 46.9 Å². The molecule has 0 aromatic heterocycles. The summed E-state index contributed by atoms with van der Waals surface area (Å²) in [5.74, 6) is -0.0690. The zero-order valence-electron chi connectivity index (χ0n) is 13.5. The number of carbonyl (C=O) groups excluding carboxylic acids is 2. The van der Waals surface area contributed by atoms with E-state index in [0.29, 0.717) is 21.5 Å². The van der Waals surface area contributed by atoms with Gasteiger partial charge in [-0.15, -0.1) is 0 Å². The number of amides is 2. The normalized spacial score (nSPS) is 22.0. The molecule has 1 aromatic rings. The Bertz CT molecular complexity index is 712. The Kier molecular flexibility index (Phi) is 5.72. The van der Waals surface area contributed by atoms with E-state index in [1.54, 1.807) is 23.1 Å². The summed E-state index contributed by atoms with van der Waals surface area (Å²) in [6.45, 7) is 1.10. The van der Waals surface area contributed by atoms with Gasteiger partial charge in [0.2, 0.25) is 0 Å². The average molecular weight is 378 g/mol. The third-order valence-corrected chi connectivity index (χ3v) is 5.22. The van der Waals surface area contributed by atoms with E-state index >= 15 is 0 Å². The second-order valence-corrected chi connectivity index (χ2v) is 7.43. The molecule has 2 heterocycles. The number of nitrogens with zero attached hydrogens (tertiary/aromatic N) is 1. The Hall–Kier alpha value is -1.90. The molecule has 0 radical (unpaired) electrons. The molecule has 1 aromatic carbocycles. The maximum absolute atomic E-state index is 12.6. The molecule has 0 saturated carbocycles. The Morgan fingerprint density at radius 2 is 2.20 bits per heavy atom. The highest BCUT2D eigenvalue weighted by Crippen LogP contribution is 2.33. The van der Waals surface area contributed by atoms with Crippen molar-refractivity contribution in [2.75, 3.05) is 19.8 Å². The van der Waals surface area contributed by atoms with Crippen LogP contribution in [-0.2, 0) is 14.3 Å². The molecule has 2 aliphatic rings. The van der Waals surface area contributed by atoms with Gasteiger partial charge in [0.15, 0.2) is 6.61 Å². The lowest BCUT2D eigenvalue weighted by atomic mass is 10.2. The molecule has 2 N–H and O–H groups in total. The van der Waals surface area contributed by atoms with Crippen molar-refractivity contribution in [3.05, 3.63) is 34.7 Å². The molecule has 3 rings (SSSR count). The number of thioether (sulfide) groups is 1. The highest BCUT2D eigenvalue weighted by Gasteiger charge is 2.34. The summed E-state index contributed by atoms with van der Waals surface area (Å²) in [5, 5.41) is 0. The summed E-state index contributed by atoms with van der Waals surface area (Å²) in [6, 6.07) is 7.07. The predicted octanol–water partition coefficient (Wildman–Crippen LogP) is 1.93. The molecule has 6 nitrogen and oxygen atoms in total. The van der Waals surface area contributed by atoms with Crippen LogP contribution < -0.4 is 10.5 Å². The minimum Gasteiger partial charge on any atom is -0.484 e. The van der Waals surface area contributed by atoms with Gasteiger partial charge in [-0.25, -0.2) is 0 Å². The number of benzene rings is 1. The second-order valence-electron chi connectivity index (χ2n) is 5.75. The molecule has 0 aliphatic carbocycles. The van der Waals surface area contributed by atoms with Crippen LogP contribution in [0.25, 0.3) is 6.08 Å². The van der Waals surface area contributed by atoms with Gasteiger partial charge in [0.25, 0.3) is 11.8 Å². The van der Waals surface area contributed by atoms with Gasteiger partial charge in [-0.2, -0.15) is 0 Å². The molecule has 2 fully saturated rings. The molecule has 0 unspecified atom stereocenters. The first-order valence-electron chi connectivity index (χ1n) is 7.91. The van der Waals surface area contributed by atoms with Gasteiger partial charge in [0, 0.05) is 6.61 Å². The minimum absolute atomic E-state index is 0.0727. The van der Waals surface area contributed by atoms with Crippen molar-refractivity contribution in [2.45, 2.75) is 18.9 Å². The van der Waals surface area contributed by atoms with E-state index in [0.717, 1.165) is 25.0 Å². The minimum atomic E-state index is -0.529. The first-order chi connectivity index (χ1) is 12.0. The van der Waals surface area contributed by atoms with Crippen LogP contribution in [0.2, 0.25) is 0 Å². The fraction of sp³-hybridized carbons (Fsp3) is 0.353. The first-order valence-corrected chi connectivity index (χ1v) is 9.13. The standard InChI is InChI=1S/C17H18N2O4S2/c18-15(20)10-23-12-5-3-11(4-6-12)8-14-16(21)19(17(24)25-14)9-13-2-1-7-22-13/h3-6,8,13H,1-2,7,9-10H2,(H2,18,20)/b14-8-/t13-/m1/s1. The van der Waals surface area contributed by atoms with Crippen LogP contribution >= 0.6 is 24.0 Å². The Morgan fingerprint density at radius 1 is 1.44 bits per heavy atom. The summed E-state index contributed by atoms with van der Waals surface area (Å²) >= 11 is 6.63. The van der Waals surface area contributed by atoms with Gasteiger partial charge in [-0.1, -0.05) is 36.1 Å². The number of nitrogens with two attached hydrogens (primary N) is 1. The molecule has 2 amide bonds. The first kappa shape index (κ1) is 17.9. The van der Waals surface area contributed by atoms with Crippen LogP contribution in [0.5, 0.6) is 5.75 Å². The van der Waals surface area contributed by atoms with Gasteiger partial charge in [-0.3, -0.25) is 14.5 Å². The molecule has 132 valence electrons. The zero-order chi connectivity index (χ0) is 17.8. The van der Waals surface area contributed by atoms with Gasteiger partial charge in [-0.05, 0) is 36.6 Å². The van der Waals surface area contributed by atoms with Crippen LogP contribution in [0.3, 0.4) is 0 Å². The third-order valence-electron chi connectivity index (χ3n) is 3.84. The van der Waals surface area contributed by atoms with Crippen molar-refractivity contribution >= 4 is 46.2 Å². The van der Waals surface area contributed by atoms with Crippen molar-refractivity contribution < 1.29 is 19.1 Å². The zero-order valence-corrected chi connectivity index (χ0v) is 15.1. The van der Waals surface area contributed by atoms with Crippen molar-refractivity contribution in [2.24, 2.45) is 5.73 Å². The van der Waals surface area contributed by atoms with Gasteiger partial charge in [0.05, 0.1) is 17.6 Å². The molecule has 0 spiro atoms. The highest BCUT2D eigenvalue weighted by atomic mass is 32.2. The molecule has 2 aliphatic heterocycles. The monoisotopic (exact) mass is 378 g/mol. The SMILES string of the molecule is NC(=O)COc1ccc(/C=C2\SC(=S)N(C[C@H]3CCCO3)C2=O)cc1. The lowest BCUT2D eigenvalue weighted by Crippen LogP contribution is -2.35. The lowest BCUT2D eigenvalue weighted by molar-refractivity contribution is -0.123. The molecular weight excluding hydrogens is 360 g/mol. The van der Waals surface area contributed by atoms with Crippen LogP contribution in [0.15, 0.2) is 29.2 Å². The summed E-state index contributed by atoms with van der Waals surface area (Å²) < 4.78 is 11.4. The summed E-state index contributed by atoms with van der Waals surface area (Å²) in [4.78, 5) is 25.5. The van der Waals surface area contributed by atoms with Crippen molar-refractivity contribution in [3.8, 4) is 5.75 Å². The largest absolute Gasteiger partial charge is 0.484 e. The quantitative estimate of drug-likeness (QED) is 0.602. The van der Waals surface area contributed by atoms with Gasteiger partial charge < -0.3 is 15.2 Å². The summed E-state index contributed by atoms with van der Waals surface area (Å²) in [5.41, 5.74) is 5.89. The van der Waals surface area contributed by atoms with Crippen molar-refractivity contribution in [1.29, 1.82) is 0 Å². The van der Waals surface area contributed by atoms with E-state index in [4.69, 9.17) is 27.4 Å². The van der Waals surface area contributed by atoms with Crippen LogP contribution in [0, 0.1) is 0 Å². The number of hydrogen-bond donors (Lipinski definition) is 1. The van der Waals surface area contributed by atoms with E-state index in [2.05, 4.69) is 0 Å². The van der Waals surface area contributed by atoms with Gasteiger partial charge >= 0.3 is 0 Å². The van der Waals surface area contributed by atoms with E-state index in [9.17, 15) is 9.59 Å². The maximum Gasteiger partial charge on any atom is 0.266 e. The van der Waals surface area contributed by atoms with Crippen molar-refractivity contribution in [1.82, 2.24) is 4.90 Å². The lowest BCUT2D eigenvalue weighted by Gasteiger charge is -2.18. The molecule has 0 bridgehead atoms. The Morgan fingerprint density at radius 3 is 2.84 bits per heavy atom. The molecule has 8 heteroatoms. The number of rotatable bonds is 6. The summed E-state index contributed by atoms with van der Waals surface area (Å²) in [7, 11) is 0. The molecule has 2 saturated heterocycles. The van der Waals surface area contributed by atoms with Crippen molar-refractivity contribution in [3.63, 3.8) is 0 Å². The van der Waals surface area contributed by atoms with Crippen LogP contribution in [0.1, 0.15) is 18.4 Å². The molecule has 25 heavy (non-hydrogen) atoms. The van der Waals surface area contributed by atoms with E-state index in [1.165, 1.54) is 11.8 Å². The Balaban J connectivity index is 1.65. The fourth-order valence-corrected chi connectivity index (χ4v) is 3.89. The fourth-order valence-electron chi connectivity index (χ4n) is 2.62. The summed E-state index contributed by atoms with van der Waals surface area (Å²) in [6.07, 6.45) is 3.86. The topological polar surface area (TPSA) is 81.9 Å². The van der Waals surface area contributed by atoms with E-state index in [1.807, 2.05) is 12.1 Å². The van der Waals surface area contributed by atoms with Crippen LogP contribution in [0.4, 0.5) is 0 Å². The molecule has 1 atom stereocenters. The number of hydrogen-bond acceptors (Lipinski definition) is 6. The van der Waals surface area contributed by atoms with Gasteiger partial charge in [0.1, 0.15) is 10.1 Å². The number of carbonyl (C=O) groups is 2. The number of ether oxygens (including phenoxy) is 2. The highest BCUT2D eigenvalue weighted by molar-refractivity contribution is 8.26. The van der Waals surface area contributed by atoms with E-state index in [-0.39, 0.29) is 18.6 Å². The predicted molar refractivity (Wildman–Crippen MR) is 100.0 cm³/mol. The molecular formula is C17H18N2O4S2.